The van der Waals surface area contributed by atoms with E-state index in [1.165, 1.54) is 11.1 Å². The van der Waals surface area contributed by atoms with Gasteiger partial charge in [0.05, 0.1) is 15.9 Å². The Morgan fingerprint density at radius 1 is 1.29 bits per heavy atom. The van der Waals surface area contributed by atoms with Gasteiger partial charge >= 0.3 is 0 Å². The normalized spacial score (nSPS) is 13.4. The van der Waals surface area contributed by atoms with E-state index in [0.29, 0.717) is 0 Å². The summed E-state index contributed by atoms with van der Waals surface area (Å²) >= 11 is 3.50. The second kappa shape index (κ2) is 3.39. The molecule has 0 amide bonds. The van der Waals surface area contributed by atoms with Crippen LogP contribution in [-0.4, -0.2) is 9.97 Å². The standard InChI is InChI=1S/C11H13BrN2/c1-6-4-9-10(5-7(6)2)14-11(13-9)8(3)12/h4-5,8H,1-3H3,(H,13,14). The Morgan fingerprint density at radius 2 is 1.93 bits per heavy atom. The lowest BCUT2D eigenvalue weighted by Gasteiger charge is -1.97. The van der Waals surface area contributed by atoms with Gasteiger partial charge < -0.3 is 4.98 Å². The van der Waals surface area contributed by atoms with Gasteiger partial charge in [-0.15, -0.1) is 0 Å². The zero-order chi connectivity index (χ0) is 10.3. The molecule has 2 rings (SSSR count). The molecule has 1 atom stereocenters. The van der Waals surface area contributed by atoms with E-state index >= 15 is 0 Å². The van der Waals surface area contributed by atoms with Gasteiger partial charge in [-0.1, -0.05) is 15.9 Å². The van der Waals surface area contributed by atoms with Crippen molar-refractivity contribution in [3.8, 4) is 0 Å². The van der Waals surface area contributed by atoms with Crippen LogP contribution in [0, 0.1) is 13.8 Å². The maximum absolute atomic E-state index is 4.51. The number of aromatic nitrogens is 2. The molecular weight excluding hydrogens is 240 g/mol. The fraction of sp³-hybridized carbons (Fsp3) is 0.364. The quantitative estimate of drug-likeness (QED) is 0.772. The molecular formula is C11H13BrN2. The Hall–Kier alpha value is -0.830. The summed E-state index contributed by atoms with van der Waals surface area (Å²) in [6.07, 6.45) is 0. The summed E-state index contributed by atoms with van der Waals surface area (Å²) in [5, 5.41) is 0. The number of fused-ring (bicyclic) bond motifs is 1. The summed E-state index contributed by atoms with van der Waals surface area (Å²) < 4.78 is 0. The predicted molar refractivity (Wildman–Crippen MR) is 62.9 cm³/mol. The van der Waals surface area contributed by atoms with Gasteiger partial charge in [0.25, 0.3) is 0 Å². The third kappa shape index (κ3) is 1.57. The molecule has 0 aliphatic carbocycles. The van der Waals surface area contributed by atoms with Crippen LogP contribution < -0.4 is 0 Å². The predicted octanol–water partition coefficient (Wildman–Crippen LogP) is 3.64. The highest BCUT2D eigenvalue weighted by Crippen LogP contribution is 2.23. The average Bonchev–Trinajstić information content (AvgIpc) is 2.48. The molecule has 0 fully saturated rings. The fourth-order valence-electron chi connectivity index (χ4n) is 1.48. The van der Waals surface area contributed by atoms with Gasteiger partial charge in [0.1, 0.15) is 5.82 Å². The van der Waals surface area contributed by atoms with Crippen LogP contribution in [0.5, 0.6) is 0 Å². The summed E-state index contributed by atoms with van der Waals surface area (Å²) in [5.74, 6) is 0.991. The van der Waals surface area contributed by atoms with Crippen molar-refractivity contribution < 1.29 is 0 Å². The number of aromatic amines is 1. The van der Waals surface area contributed by atoms with E-state index < -0.39 is 0 Å². The highest BCUT2D eigenvalue weighted by atomic mass is 79.9. The number of H-pyrrole nitrogens is 1. The monoisotopic (exact) mass is 252 g/mol. The molecule has 2 nitrogen and oxygen atoms in total. The largest absolute Gasteiger partial charge is 0.341 e. The summed E-state index contributed by atoms with van der Waals surface area (Å²) in [6, 6.07) is 4.27. The van der Waals surface area contributed by atoms with E-state index in [2.05, 4.69) is 58.8 Å². The molecule has 1 aromatic carbocycles. The van der Waals surface area contributed by atoms with Crippen molar-refractivity contribution in [2.45, 2.75) is 25.6 Å². The molecule has 1 aromatic heterocycles. The first-order chi connectivity index (χ1) is 6.58. The van der Waals surface area contributed by atoms with Crippen molar-refractivity contribution in [3.63, 3.8) is 0 Å². The minimum absolute atomic E-state index is 0.274. The number of rotatable bonds is 1. The molecule has 0 aliphatic heterocycles. The smallest absolute Gasteiger partial charge is 0.120 e. The Labute approximate surface area is 91.9 Å². The Kier molecular flexibility index (Phi) is 2.35. The molecule has 1 heterocycles. The van der Waals surface area contributed by atoms with E-state index in [1.54, 1.807) is 0 Å². The van der Waals surface area contributed by atoms with Gasteiger partial charge in [-0.25, -0.2) is 4.98 Å². The first-order valence-corrected chi connectivity index (χ1v) is 5.60. The van der Waals surface area contributed by atoms with Crippen LogP contribution in [0.3, 0.4) is 0 Å². The Balaban J connectivity index is 2.66. The van der Waals surface area contributed by atoms with E-state index in [-0.39, 0.29) is 4.83 Å². The van der Waals surface area contributed by atoms with Gasteiger partial charge in [-0.2, -0.15) is 0 Å². The van der Waals surface area contributed by atoms with E-state index in [9.17, 15) is 0 Å². The average molecular weight is 253 g/mol. The van der Waals surface area contributed by atoms with Crippen molar-refractivity contribution in [3.05, 3.63) is 29.1 Å². The van der Waals surface area contributed by atoms with E-state index in [1.807, 2.05) is 0 Å². The van der Waals surface area contributed by atoms with E-state index in [0.717, 1.165) is 16.9 Å². The number of nitrogens with one attached hydrogen (secondary N) is 1. The van der Waals surface area contributed by atoms with Gasteiger partial charge in [0.15, 0.2) is 0 Å². The van der Waals surface area contributed by atoms with E-state index in [4.69, 9.17) is 0 Å². The first-order valence-electron chi connectivity index (χ1n) is 4.69. The number of benzene rings is 1. The number of alkyl halides is 1. The zero-order valence-electron chi connectivity index (χ0n) is 8.56. The third-order valence-electron chi connectivity index (χ3n) is 2.49. The third-order valence-corrected chi connectivity index (χ3v) is 2.93. The van der Waals surface area contributed by atoms with Crippen LogP contribution in [0.15, 0.2) is 12.1 Å². The summed E-state index contributed by atoms with van der Waals surface area (Å²) in [4.78, 5) is 8.09. The SMILES string of the molecule is Cc1cc2nc(C(C)Br)[nH]c2cc1C. The highest BCUT2D eigenvalue weighted by Gasteiger charge is 2.08. The first kappa shape index (κ1) is 9.71. The van der Waals surface area contributed by atoms with Crippen LogP contribution in [0.2, 0.25) is 0 Å². The topological polar surface area (TPSA) is 28.7 Å². The van der Waals surface area contributed by atoms with Crippen molar-refractivity contribution in [2.75, 3.05) is 0 Å². The molecule has 0 aliphatic rings. The molecule has 2 aromatic rings. The van der Waals surface area contributed by atoms with Gasteiger partial charge in [-0.05, 0) is 44.0 Å². The second-order valence-corrected chi connectivity index (χ2v) is 5.07. The lowest BCUT2D eigenvalue weighted by atomic mass is 10.1. The van der Waals surface area contributed by atoms with Gasteiger partial charge in [0.2, 0.25) is 0 Å². The molecule has 0 saturated carbocycles. The number of aryl methyl sites for hydroxylation is 2. The maximum Gasteiger partial charge on any atom is 0.120 e. The van der Waals surface area contributed by atoms with Crippen LogP contribution >= 0.6 is 15.9 Å². The van der Waals surface area contributed by atoms with Crippen molar-refractivity contribution in [2.24, 2.45) is 0 Å². The summed E-state index contributed by atoms with van der Waals surface area (Å²) in [7, 11) is 0. The van der Waals surface area contributed by atoms with Crippen LogP contribution in [0.1, 0.15) is 28.7 Å². The molecule has 0 radical (unpaired) electrons. The molecule has 3 heteroatoms. The fourth-order valence-corrected chi connectivity index (χ4v) is 1.69. The van der Waals surface area contributed by atoms with Crippen LogP contribution in [0.25, 0.3) is 11.0 Å². The van der Waals surface area contributed by atoms with Crippen LogP contribution in [-0.2, 0) is 0 Å². The molecule has 14 heavy (non-hydrogen) atoms. The minimum atomic E-state index is 0.274. The van der Waals surface area contributed by atoms with Crippen molar-refractivity contribution in [1.29, 1.82) is 0 Å². The molecule has 74 valence electrons. The molecule has 0 saturated heterocycles. The molecule has 0 bridgehead atoms. The summed E-state index contributed by atoms with van der Waals surface area (Å²) in [5.41, 5.74) is 4.76. The second-order valence-electron chi connectivity index (χ2n) is 3.69. The Bertz CT molecular complexity index is 432. The van der Waals surface area contributed by atoms with Gasteiger partial charge in [-0.3, -0.25) is 0 Å². The van der Waals surface area contributed by atoms with Crippen LogP contribution in [0.4, 0.5) is 0 Å². The number of hydrogen-bond acceptors (Lipinski definition) is 1. The maximum atomic E-state index is 4.51. The lowest BCUT2D eigenvalue weighted by molar-refractivity contribution is 0.990. The molecule has 1 unspecified atom stereocenters. The molecule has 1 N–H and O–H groups in total. The number of nitrogens with zero attached hydrogens (tertiary/aromatic N) is 1. The number of imidazole rings is 1. The minimum Gasteiger partial charge on any atom is -0.341 e. The van der Waals surface area contributed by atoms with Crippen molar-refractivity contribution >= 4 is 27.0 Å². The zero-order valence-corrected chi connectivity index (χ0v) is 10.1. The van der Waals surface area contributed by atoms with Crippen molar-refractivity contribution in [1.82, 2.24) is 9.97 Å². The lowest BCUT2D eigenvalue weighted by Crippen LogP contribution is -1.84. The number of hydrogen-bond donors (Lipinski definition) is 1. The van der Waals surface area contributed by atoms with Gasteiger partial charge in [0, 0.05) is 0 Å². The molecule has 0 spiro atoms. The summed E-state index contributed by atoms with van der Waals surface area (Å²) in [6.45, 7) is 6.30. The Morgan fingerprint density at radius 3 is 2.57 bits per heavy atom. The highest BCUT2D eigenvalue weighted by molar-refractivity contribution is 9.09. The number of halogens is 1.